The third-order valence-corrected chi connectivity index (χ3v) is 1.34. The van der Waals surface area contributed by atoms with Crippen molar-refractivity contribution >= 4 is 5.97 Å². The lowest BCUT2D eigenvalue weighted by molar-refractivity contribution is -0.142. The van der Waals surface area contributed by atoms with Crippen LogP contribution in [0.2, 0.25) is 0 Å². The highest BCUT2D eigenvalue weighted by atomic mass is 16.5. The smallest absolute Gasteiger partial charge is 0.306 e. The van der Waals surface area contributed by atoms with E-state index < -0.39 is 0 Å². The van der Waals surface area contributed by atoms with Gasteiger partial charge in [-0.2, -0.15) is 0 Å². The Hall–Kier alpha value is -0.790. The summed E-state index contributed by atoms with van der Waals surface area (Å²) in [5.41, 5.74) is 0. The van der Waals surface area contributed by atoms with Crippen LogP contribution in [0, 0.1) is 5.92 Å². The van der Waals surface area contributed by atoms with E-state index in [0.29, 0.717) is 18.9 Å². The normalized spacial score (nSPS) is 11.0. The fraction of sp³-hybridized carbons (Fsp3) is 0.700. The van der Waals surface area contributed by atoms with Crippen molar-refractivity contribution in [3.05, 3.63) is 12.2 Å². The highest BCUT2D eigenvalue weighted by molar-refractivity contribution is 5.69. The zero-order valence-electron chi connectivity index (χ0n) is 8.17. The summed E-state index contributed by atoms with van der Waals surface area (Å²) in [7, 11) is 0. The summed E-state index contributed by atoms with van der Waals surface area (Å²) >= 11 is 0. The lowest BCUT2D eigenvalue weighted by Crippen LogP contribution is -2.02. The van der Waals surface area contributed by atoms with Crippen LogP contribution in [0.4, 0.5) is 0 Å². The van der Waals surface area contributed by atoms with Gasteiger partial charge in [-0.25, -0.2) is 0 Å². The molecule has 0 saturated carbocycles. The van der Waals surface area contributed by atoms with Gasteiger partial charge < -0.3 is 4.74 Å². The second-order valence-corrected chi connectivity index (χ2v) is 3.02. The molecule has 0 saturated heterocycles. The van der Waals surface area contributed by atoms with Crippen LogP contribution in [0.5, 0.6) is 0 Å². The molecule has 2 heteroatoms. The summed E-state index contributed by atoms with van der Waals surface area (Å²) in [6.07, 6.45) is 5.41. The molecule has 0 aliphatic rings. The van der Waals surface area contributed by atoms with Gasteiger partial charge in [-0.15, -0.1) is 0 Å². The number of allylic oxidation sites excluding steroid dienone is 2. The summed E-state index contributed by atoms with van der Waals surface area (Å²) in [4.78, 5) is 10.8. The average molecular weight is 170 g/mol. The largest absolute Gasteiger partial charge is 0.466 e. The highest BCUT2D eigenvalue weighted by Gasteiger charge is 1.97. The molecule has 0 aromatic carbocycles. The Morgan fingerprint density at radius 2 is 2.17 bits per heavy atom. The lowest BCUT2D eigenvalue weighted by Gasteiger charge is -1.98. The van der Waals surface area contributed by atoms with Crippen LogP contribution >= 0.6 is 0 Å². The molecule has 0 rings (SSSR count). The summed E-state index contributed by atoms with van der Waals surface area (Å²) in [6.45, 7) is 6.52. The van der Waals surface area contributed by atoms with Gasteiger partial charge in [-0.1, -0.05) is 26.0 Å². The molecule has 0 heterocycles. The van der Waals surface area contributed by atoms with Crippen molar-refractivity contribution in [1.82, 2.24) is 0 Å². The molecule has 0 aliphatic carbocycles. The zero-order chi connectivity index (χ0) is 9.40. The number of ether oxygens (including phenoxy) is 1. The van der Waals surface area contributed by atoms with E-state index in [1.807, 2.05) is 13.0 Å². The number of carbonyl (C=O) groups excluding carboxylic acids is 1. The Morgan fingerprint density at radius 3 is 2.67 bits per heavy atom. The lowest BCUT2D eigenvalue weighted by atomic mass is 10.2. The number of rotatable bonds is 5. The first kappa shape index (κ1) is 11.2. The first-order chi connectivity index (χ1) is 5.66. The third-order valence-electron chi connectivity index (χ3n) is 1.34. The Kier molecular flexibility index (Phi) is 6.44. The molecule has 2 nitrogen and oxygen atoms in total. The molecule has 0 N–H and O–H groups in total. The predicted molar refractivity (Wildman–Crippen MR) is 49.8 cm³/mol. The van der Waals surface area contributed by atoms with Crippen molar-refractivity contribution in [3.63, 3.8) is 0 Å². The van der Waals surface area contributed by atoms with E-state index in [-0.39, 0.29) is 5.97 Å². The molecular formula is C10H18O2. The fourth-order valence-electron chi connectivity index (χ4n) is 0.803. The quantitative estimate of drug-likeness (QED) is 0.468. The monoisotopic (exact) mass is 170 g/mol. The van der Waals surface area contributed by atoms with Gasteiger partial charge in [-0.05, 0) is 19.3 Å². The van der Waals surface area contributed by atoms with E-state index in [9.17, 15) is 4.79 Å². The predicted octanol–water partition coefficient (Wildman–Crippen LogP) is 2.54. The third kappa shape index (κ3) is 7.32. The van der Waals surface area contributed by atoms with Crippen molar-refractivity contribution in [3.8, 4) is 0 Å². The van der Waals surface area contributed by atoms with Crippen molar-refractivity contribution in [2.45, 2.75) is 33.6 Å². The second kappa shape index (κ2) is 6.89. The molecule has 0 bridgehead atoms. The topological polar surface area (TPSA) is 26.3 Å². The Labute approximate surface area is 74.6 Å². The first-order valence-electron chi connectivity index (χ1n) is 4.49. The fourth-order valence-corrected chi connectivity index (χ4v) is 0.803. The van der Waals surface area contributed by atoms with Crippen molar-refractivity contribution in [2.75, 3.05) is 6.61 Å². The van der Waals surface area contributed by atoms with Gasteiger partial charge in [0.2, 0.25) is 0 Å². The van der Waals surface area contributed by atoms with E-state index in [0.717, 1.165) is 6.42 Å². The summed E-state index contributed by atoms with van der Waals surface area (Å²) in [5.74, 6) is 0.457. The number of carbonyl (C=O) groups is 1. The zero-order valence-corrected chi connectivity index (χ0v) is 8.17. The molecule has 0 aromatic heterocycles. The minimum Gasteiger partial charge on any atom is -0.466 e. The maximum atomic E-state index is 10.8. The Morgan fingerprint density at radius 1 is 1.50 bits per heavy atom. The van der Waals surface area contributed by atoms with Crippen LogP contribution < -0.4 is 0 Å². The number of hydrogen-bond acceptors (Lipinski definition) is 2. The SMILES string of the molecule is CCOC(=O)CCC=CC(C)C. The molecule has 0 amide bonds. The molecule has 70 valence electrons. The van der Waals surface area contributed by atoms with E-state index in [2.05, 4.69) is 19.9 Å². The van der Waals surface area contributed by atoms with Crippen LogP contribution in [-0.4, -0.2) is 12.6 Å². The molecule has 0 atom stereocenters. The van der Waals surface area contributed by atoms with Gasteiger partial charge in [-0.3, -0.25) is 4.79 Å². The van der Waals surface area contributed by atoms with Gasteiger partial charge in [0.25, 0.3) is 0 Å². The molecule has 12 heavy (non-hydrogen) atoms. The second-order valence-electron chi connectivity index (χ2n) is 3.02. The highest BCUT2D eigenvalue weighted by Crippen LogP contribution is 1.98. The van der Waals surface area contributed by atoms with Crippen LogP contribution in [-0.2, 0) is 9.53 Å². The van der Waals surface area contributed by atoms with Crippen LogP contribution in [0.15, 0.2) is 12.2 Å². The minimum absolute atomic E-state index is 0.106. The average Bonchev–Trinajstić information content (AvgIpc) is 1.98. The van der Waals surface area contributed by atoms with Gasteiger partial charge >= 0.3 is 5.97 Å². The maximum Gasteiger partial charge on any atom is 0.306 e. The molecule has 0 unspecified atom stereocenters. The maximum absolute atomic E-state index is 10.8. The summed E-state index contributed by atoms with van der Waals surface area (Å²) in [5, 5.41) is 0. The van der Waals surface area contributed by atoms with Gasteiger partial charge in [0.05, 0.1) is 6.61 Å². The standard InChI is InChI=1S/C10H18O2/c1-4-12-10(11)8-6-5-7-9(2)3/h5,7,9H,4,6,8H2,1-3H3. The molecule has 0 aliphatic heterocycles. The van der Waals surface area contributed by atoms with Crippen molar-refractivity contribution in [1.29, 1.82) is 0 Å². The molecule has 0 spiro atoms. The summed E-state index contributed by atoms with van der Waals surface area (Å²) in [6, 6.07) is 0. The van der Waals surface area contributed by atoms with Crippen molar-refractivity contribution < 1.29 is 9.53 Å². The van der Waals surface area contributed by atoms with Crippen molar-refractivity contribution in [2.24, 2.45) is 5.92 Å². The molecule has 0 aromatic rings. The Bertz CT molecular complexity index is 148. The number of esters is 1. The molecule has 0 fully saturated rings. The van der Waals surface area contributed by atoms with E-state index in [4.69, 9.17) is 4.74 Å². The molecule has 0 radical (unpaired) electrons. The first-order valence-corrected chi connectivity index (χ1v) is 4.49. The van der Waals surface area contributed by atoms with Crippen LogP contribution in [0.1, 0.15) is 33.6 Å². The summed E-state index contributed by atoms with van der Waals surface area (Å²) < 4.78 is 4.78. The van der Waals surface area contributed by atoms with E-state index >= 15 is 0 Å². The van der Waals surface area contributed by atoms with E-state index in [1.165, 1.54) is 0 Å². The minimum atomic E-state index is -0.106. The van der Waals surface area contributed by atoms with Gasteiger partial charge in [0.1, 0.15) is 0 Å². The number of hydrogen-bond donors (Lipinski definition) is 0. The van der Waals surface area contributed by atoms with Crippen LogP contribution in [0.25, 0.3) is 0 Å². The Balaban J connectivity index is 3.36. The van der Waals surface area contributed by atoms with E-state index in [1.54, 1.807) is 0 Å². The van der Waals surface area contributed by atoms with Gasteiger partial charge in [0, 0.05) is 6.42 Å². The van der Waals surface area contributed by atoms with Gasteiger partial charge in [0.15, 0.2) is 0 Å². The van der Waals surface area contributed by atoms with Crippen LogP contribution in [0.3, 0.4) is 0 Å². The molecular weight excluding hydrogens is 152 g/mol.